The van der Waals surface area contributed by atoms with E-state index >= 15 is 0 Å². The molecule has 6 aromatic rings. The van der Waals surface area contributed by atoms with E-state index in [9.17, 15) is 9.59 Å². The maximum absolute atomic E-state index is 14.1. The number of fused-ring (bicyclic) bond motifs is 2. The average molecular weight is 527 g/mol. The Bertz CT molecular complexity index is 2000. The largest absolute Gasteiger partial charge is 0.382 e. The number of H-pyrrole nitrogens is 1. The van der Waals surface area contributed by atoms with Crippen LogP contribution in [0, 0.1) is 11.8 Å². The standard InChI is InChI=1S/C31H23N7O2/c1-20(34-30(39)26-27(32)36-37-19-9-18-33-29(26)37)28-35-24-15-8-12-22(17-16-21-10-4-2-5-11-21)25(24)31(40)38(28)23-13-6-3-7-14-23/h2-15,18-20H,1H3,(H3,32,34,36,39)/p+1. The second-order valence-electron chi connectivity index (χ2n) is 9.17. The number of benzene rings is 3. The molecule has 3 heterocycles. The van der Waals surface area contributed by atoms with Crippen molar-refractivity contribution < 1.29 is 9.31 Å². The number of hydrogen-bond donors (Lipinski definition) is 3. The van der Waals surface area contributed by atoms with Crippen LogP contribution in [0.5, 0.6) is 0 Å². The Labute approximate surface area is 228 Å². The number of nitrogen functional groups attached to an aromatic ring is 1. The number of para-hydroxylation sites is 1. The van der Waals surface area contributed by atoms with Gasteiger partial charge in [-0.2, -0.15) is 0 Å². The molecule has 6 rings (SSSR count). The molecule has 9 heteroatoms. The topological polar surface area (TPSA) is 123 Å². The summed E-state index contributed by atoms with van der Waals surface area (Å²) in [4.78, 5) is 36.7. The maximum atomic E-state index is 14.1. The van der Waals surface area contributed by atoms with Crippen LogP contribution in [0.1, 0.15) is 40.3 Å². The van der Waals surface area contributed by atoms with Crippen molar-refractivity contribution in [3.63, 3.8) is 0 Å². The third-order valence-corrected chi connectivity index (χ3v) is 6.50. The van der Waals surface area contributed by atoms with Crippen molar-refractivity contribution in [3.05, 3.63) is 130 Å². The first-order valence-corrected chi connectivity index (χ1v) is 12.6. The summed E-state index contributed by atoms with van der Waals surface area (Å²) in [6.45, 7) is 1.77. The first-order valence-electron chi connectivity index (χ1n) is 12.6. The van der Waals surface area contributed by atoms with Crippen LogP contribution < -0.4 is 21.1 Å². The highest BCUT2D eigenvalue weighted by Gasteiger charge is 2.27. The minimum Gasteiger partial charge on any atom is -0.382 e. The fraction of sp³-hybridized carbons (Fsp3) is 0.0645. The van der Waals surface area contributed by atoms with Crippen LogP contribution in [0.4, 0.5) is 5.82 Å². The van der Waals surface area contributed by atoms with Gasteiger partial charge in [0.25, 0.3) is 11.5 Å². The van der Waals surface area contributed by atoms with Gasteiger partial charge in [0.05, 0.1) is 22.6 Å². The lowest BCUT2D eigenvalue weighted by Crippen LogP contribution is -2.34. The maximum Gasteiger partial charge on any atom is 0.362 e. The molecule has 0 bridgehead atoms. The van der Waals surface area contributed by atoms with Gasteiger partial charge in [-0.3, -0.25) is 14.2 Å². The quantitative estimate of drug-likeness (QED) is 0.240. The van der Waals surface area contributed by atoms with E-state index in [2.05, 4.69) is 27.2 Å². The van der Waals surface area contributed by atoms with Gasteiger partial charge in [0.1, 0.15) is 18.2 Å². The van der Waals surface area contributed by atoms with Crippen molar-refractivity contribution in [3.8, 4) is 17.5 Å². The van der Waals surface area contributed by atoms with Gasteiger partial charge in [-0.15, -0.1) is 4.52 Å². The van der Waals surface area contributed by atoms with E-state index in [4.69, 9.17) is 10.7 Å². The zero-order valence-electron chi connectivity index (χ0n) is 21.5. The second-order valence-corrected chi connectivity index (χ2v) is 9.17. The number of aromatic nitrogens is 5. The predicted molar refractivity (Wildman–Crippen MR) is 152 cm³/mol. The molecule has 1 amide bonds. The predicted octanol–water partition coefficient (Wildman–Crippen LogP) is 3.32. The minimum atomic E-state index is -0.665. The van der Waals surface area contributed by atoms with E-state index in [1.807, 2.05) is 72.8 Å². The summed E-state index contributed by atoms with van der Waals surface area (Å²) in [6.07, 6.45) is 3.30. The lowest BCUT2D eigenvalue weighted by Gasteiger charge is -2.19. The zero-order valence-corrected chi connectivity index (χ0v) is 21.5. The number of anilines is 1. The smallest absolute Gasteiger partial charge is 0.362 e. The summed E-state index contributed by atoms with van der Waals surface area (Å²) < 4.78 is 3.09. The van der Waals surface area contributed by atoms with Crippen molar-refractivity contribution >= 4 is 28.3 Å². The number of rotatable bonds is 4. The summed E-state index contributed by atoms with van der Waals surface area (Å²) in [6, 6.07) is 25.2. The van der Waals surface area contributed by atoms with E-state index in [1.165, 1.54) is 4.57 Å². The molecule has 194 valence electrons. The molecule has 0 aliphatic heterocycles. The van der Waals surface area contributed by atoms with Crippen LogP contribution in [0.25, 0.3) is 22.2 Å². The van der Waals surface area contributed by atoms with Gasteiger partial charge < -0.3 is 11.1 Å². The van der Waals surface area contributed by atoms with Crippen molar-refractivity contribution in [2.45, 2.75) is 13.0 Å². The van der Waals surface area contributed by atoms with Crippen LogP contribution in [0.15, 0.2) is 102 Å². The van der Waals surface area contributed by atoms with Gasteiger partial charge in [0, 0.05) is 17.2 Å². The summed E-state index contributed by atoms with van der Waals surface area (Å²) in [5, 5.41) is 6.26. The molecule has 3 aromatic heterocycles. The van der Waals surface area contributed by atoms with Crippen molar-refractivity contribution in [1.29, 1.82) is 0 Å². The summed E-state index contributed by atoms with van der Waals surface area (Å²) >= 11 is 0. The molecule has 0 spiro atoms. The lowest BCUT2D eigenvalue weighted by atomic mass is 10.1. The molecule has 0 saturated heterocycles. The molecule has 1 atom stereocenters. The van der Waals surface area contributed by atoms with E-state index < -0.39 is 11.9 Å². The van der Waals surface area contributed by atoms with Crippen LogP contribution in [-0.4, -0.2) is 25.5 Å². The molecule has 40 heavy (non-hydrogen) atoms. The van der Waals surface area contributed by atoms with Gasteiger partial charge >= 0.3 is 5.65 Å². The van der Waals surface area contributed by atoms with Gasteiger partial charge in [-0.05, 0) is 48.3 Å². The van der Waals surface area contributed by atoms with Crippen molar-refractivity contribution in [1.82, 2.24) is 25.0 Å². The Morgan fingerprint density at radius 1 is 1.00 bits per heavy atom. The number of amides is 1. The first kappa shape index (κ1) is 24.6. The van der Waals surface area contributed by atoms with E-state index in [0.717, 1.165) is 5.56 Å². The fourth-order valence-electron chi connectivity index (χ4n) is 4.64. The van der Waals surface area contributed by atoms with Crippen LogP contribution in [0.2, 0.25) is 0 Å². The summed E-state index contributed by atoms with van der Waals surface area (Å²) in [5.41, 5.74) is 8.94. The Morgan fingerprint density at radius 2 is 1.75 bits per heavy atom. The number of nitrogens with two attached hydrogens (primary N) is 1. The number of aromatic amines is 1. The number of nitrogens with zero attached hydrogens (tertiary/aromatic N) is 4. The van der Waals surface area contributed by atoms with E-state index in [-0.39, 0.29) is 16.9 Å². The molecular formula is C31H24N7O2+. The molecule has 0 aliphatic rings. The SMILES string of the molecule is CC(NC(=O)c1c(N)[nH][n+]2cccnc12)c1nc2cccc(C#Cc3ccccc3)c2c(=O)n1-c1ccccc1. The van der Waals surface area contributed by atoms with Crippen molar-refractivity contribution in [2.24, 2.45) is 0 Å². The normalized spacial score (nSPS) is 11.6. The van der Waals surface area contributed by atoms with Gasteiger partial charge in [0.2, 0.25) is 0 Å². The highest BCUT2D eigenvalue weighted by Crippen LogP contribution is 2.21. The lowest BCUT2D eigenvalue weighted by molar-refractivity contribution is -0.577. The number of hydrogen-bond acceptors (Lipinski definition) is 5. The molecular weight excluding hydrogens is 502 g/mol. The monoisotopic (exact) mass is 526 g/mol. The molecule has 0 aliphatic carbocycles. The molecule has 3 aromatic carbocycles. The first-order chi connectivity index (χ1) is 19.5. The van der Waals surface area contributed by atoms with Gasteiger partial charge in [0.15, 0.2) is 11.4 Å². The molecule has 9 nitrogen and oxygen atoms in total. The highest BCUT2D eigenvalue weighted by molar-refractivity contribution is 6.03. The number of nitrogens with one attached hydrogen (secondary N) is 2. The Hall–Kier alpha value is -5.75. The molecule has 0 fully saturated rings. The zero-order chi connectivity index (χ0) is 27.6. The number of carbonyl (C=O) groups is 1. The highest BCUT2D eigenvalue weighted by atomic mass is 16.2. The van der Waals surface area contributed by atoms with Crippen LogP contribution >= 0.6 is 0 Å². The summed E-state index contributed by atoms with van der Waals surface area (Å²) in [7, 11) is 0. The van der Waals surface area contributed by atoms with Crippen molar-refractivity contribution in [2.75, 3.05) is 5.73 Å². The molecule has 0 saturated carbocycles. The third kappa shape index (κ3) is 4.44. The minimum absolute atomic E-state index is 0.178. The Morgan fingerprint density at radius 3 is 2.52 bits per heavy atom. The number of carbonyl (C=O) groups excluding carboxylic acids is 1. The summed E-state index contributed by atoms with van der Waals surface area (Å²) in [5.74, 6) is 6.38. The Kier molecular flexibility index (Phi) is 6.26. The van der Waals surface area contributed by atoms with Gasteiger partial charge in [-0.1, -0.05) is 54.3 Å². The molecule has 4 N–H and O–H groups in total. The third-order valence-electron chi connectivity index (χ3n) is 6.50. The Balaban J connectivity index is 1.48. The fourth-order valence-corrected chi connectivity index (χ4v) is 4.64. The van der Waals surface area contributed by atoms with Crippen LogP contribution in [0.3, 0.4) is 0 Å². The second kappa shape index (κ2) is 10.2. The molecule has 1 unspecified atom stereocenters. The van der Waals surface area contributed by atoms with E-state index in [0.29, 0.717) is 33.6 Å². The average Bonchev–Trinajstić information content (AvgIpc) is 3.32. The van der Waals surface area contributed by atoms with Gasteiger partial charge in [-0.25, -0.2) is 10.1 Å². The van der Waals surface area contributed by atoms with E-state index in [1.54, 1.807) is 36.0 Å². The van der Waals surface area contributed by atoms with Crippen LogP contribution in [-0.2, 0) is 0 Å². The molecule has 0 radical (unpaired) electrons.